The van der Waals surface area contributed by atoms with Crippen molar-refractivity contribution in [2.45, 2.75) is 12.8 Å². The predicted molar refractivity (Wildman–Crippen MR) is 55.7 cm³/mol. The van der Waals surface area contributed by atoms with E-state index in [0.29, 0.717) is 11.5 Å². The van der Waals surface area contributed by atoms with Gasteiger partial charge in [-0.15, -0.1) is 0 Å². The molecule has 0 saturated carbocycles. The first-order chi connectivity index (χ1) is 6.41. The summed E-state index contributed by atoms with van der Waals surface area (Å²) in [5.74, 6) is 1.33. The van der Waals surface area contributed by atoms with Crippen LogP contribution in [-0.4, -0.2) is 39.8 Å². The summed E-state index contributed by atoms with van der Waals surface area (Å²) in [7, 11) is -5.20. The van der Waals surface area contributed by atoms with Crippen molar-refractivity contribution in [2.75, 3.05) is 23.0 Å². The minimum absolute atomic E-state index is 0.243. The molecule has 2 aliphatic rings. The highest BCUT2D eigenvalue weighted by Crippen LogP contribution is 2.08. The molecule has 4 nitrogen and oxygen atoms in total. The maximum atomic E-state index is 10.4. The van der Waals surface area contributed by atoms with Crippen molar-refractivity contribution in [1.29, 1.82) is 0 Å². The summed E-state index contributed by atoms with van der Waals surface area (Å²) in [5.41, 5.74) is 0. The third-order valence-electron chi connectivity index (χ3n) is 2.03. The van der Waals surface area contributed by atoms with Crippen molar-refractivity contribution in [3.05, 3.63) is 12.2 Å². The quantitative estimate of drug-likeness (QED) is 0.564. The largest absolute Gasteiger partial charge is 0.229 e. The molecule has 82 valence electrons. The molecular weight excluding hydrogens is 224 g/mol. The van der Waals surface area contributed by atoms with Gasteiger partial charge in [-0.1, -0.05) is 12.2 Å². The van der Waals surface area contributed by atoms with Gasteiger partial charge in [0.15, 0.2) is 9.84 Å². The van der Waals surface area contributed by atoms with Crippen LogP contribution in [0.15, 0.2) is 12.2 Å². The van der Waals surface area contributed by atoms with Gasteiger partial charge in [-0.3, -0.25) is 0 Å². The summed E-state index contributed by atoms with van der Waals surface area (Å²) < 4.78 is 41.6. The molecule has 0 unspecified atom stereocenters. The monoisotopic (exact) mass is 238 g/mol. The lowest BCUT2D eigenvalue weighted by molar-refractivity contribution is 0.601. The van der Waals surface area contributed by atoms with Crippen LogP contribution in [0.1, 0.15) is 12.8 Å². The summed E-state index contributed by atoms with van der Waals surface area (Å²) >= 11 is 0. The van der Waals surface area contributed by atoms with E-state index in [4.69, 9.17) is 0 Å². The van der Waals surface area contributed by atoms with Crippen molar-refractivity contribution >= 4 is 19.7 Å². The topological polar surface area (TPSA) is 68.3 Å². The third-order valence-corrected chi connectivity index (χ3v) is 5.25. The van der Waals surface area contributed by atoms with E-state index >= 15 is 0 Å². The second kappa shape index (κ2) is 4.44. The minimum Gasteiger partial charge on any atom is -0.229 e. The van der Waals surface area contributed by atoms with Crippen LogP contribution in [0.4, 0.5) is 0 Å². The first-order valence-corrected chi connectivity index (χ1v) is 8.11. The molecule has 0 spiro atoms. The molecule has 0 aromatic rings. The third kappa shape index (κ3) is 4.23. The van der Waals surface area contributed by atoms with E-state index in [9.17, 15) is 16.8 Å². The molecule has 14 heavy (non-hydrogen) atoms. The molecule has 1 fully saturated rings. The molecule has 6 heteroatoms. The SMILES string of the molecule is O=S1(=O)CC=CC1.O=S1(=O)CCCC1. The van der Waals surface area contributed by atoms with Crippen molar-refractivity contribution < 1.29 is 16.8 Å². The Balaban J connectivity index is 0.000000140. The van der Waals surface area contributed by atoms with Gasteiger partial charge in [-0.05, 0) is 12.8 Å². The fourth-order valence-corrected chi connectivity index (χ4v) is 3.73. The predicted octanol–water partition coefficient (Wildman–Crippen LogP) is 0.166. The van der Waals surface area contributed by atoms with Gasteiger partial charge in [0.1, 0.15) is 9.84 Å². The lowest BCUT2D eigenvalue weighted by Crippen LogP contribution is -1.99. The van der Waals surface area contributed by atoms with Gasteiger partial charge in [0.25, 0.3) is 0 Å². The van der Waals surface area contributed by atoms with Gasteiger partial charge >= 0.3 is 0 Å². The standard InChI is InChI=1S/C4H8O2S.C4H6O2S/c2*5-7(6)3-1-2-4-7/h1-4H2;1-2H,3-4H2. The fourth-order valence-electron chi connectivity index (χ4n) is 1.24. The highest BCUT2D eigenvalue weighted by atomic mass is 32.2. The molecule has 1 saturated heterocycles. The van der Waals surface area contributed by atoms with Crippen molar-refractivity contribution in [2.24, 2.45) is 0 Å². The van der Waals surface area contributed by atoms with Crippen LogP contribution in [-0.2, 0) is 19.7 Å². The Hall–Kier alpha value is -0.360. The van der Waals surface area contributed by atoms with E-state index in [0.717, 1.165) is 12.8 Å². The van der Waals surface area contributed by atoms with E-state index in [2.05, 4.69) is 0 Å². The van der Waals surface area contributed by atoms with Gasteiger partial charge in [-0.25, -0.2) is 16.8 Å². The minimum atomic E-state index is -2.66. The Morgan fingerprint density at radius 2 is 1.14 bits per heavy atom. The smallest absolute Gasteiger partial charge is 0.157 e. The zero-order valence-electron chi connectivity index (χ0n) is 7.85. The van der Waals surface area contributed by atoms with E-state index in [1.807, 2.05) is 0 Å². The molecule has 0 aromatic carbocycles. The zero-order valence-corrected chi connectivity index (χ0v) is 9.48. The Bertz CT molecular complexity index is 365. The molecule has 0 aromatic heterocycles. The van der Waals surface area contributed by atoms with Crippen LogP contribution in [0.2, 0.25) is 0 Å². The molecule has 0 radical (unpaired) electrons. The number of hydrogen-bond donors (Lipinski definition) is 0. The normalized spacial score (nSPS) is 26.9. The van der Waals surface area contributed by atoms with Crippen LogP contribution >= 0.6 is 0 Å². The van der Waals surface area contributed by atoms with Crippen LogP contribution in [0.5, 0.6) is 0 Å². The highest BCUT2D eigenvalue weighted by Gasteiger charge is 2.16. The Morgan fingerprint density at radius 1 is 0.714 bits per heavy atom. The molecule has 0 N–H and O–H groups in total. The van der Waals surface area contributed by atoms with Gasteiger partial charge in [0.05, 0.1) is 23.0 Å². The van der Waals surface area contributed by atoms with Crippen LogP contribution < -0.4 is 0 Å². The second-order valence-corrected chi connectivity index (χ2v) is 7.86. The van der Waals surface area contributed by atoms with E-state index < -0.39 is 19.7 Å². The summed E-state index contributed by atoms with van der Waals surface area (Å²) in [6.45, 7) is 0. The van der Waals surface area contributed by atoms with Crippen LogP contribution in [0.25, 0.3) is 0 Å². The van der Waals surface area contributed by atoms with E-state index in [-0.39, 0.29) is 11.5 Å². The molecular formula is C8H14O4S2. The molecule has 2 rings (SSSR count). The second-order valence-electron chi connectivity index (χ2n) is 3.41. The fraction of sp³-hybridized carbons (Fsp3) is 0.750. The average Bonchev–Trinajstić information content (AvgIpc) is 2.60. The van der Waals surface area contributed by atoms with E-state index in [1.54, 1.807) is 12.2 Å². The van der Waals surface area contributed by atoms with Crippen molar-refractivity contribution in [3.8, 4) is 0 Å². The molecule has 0 atom stereocenters. The van der Waals surface area contributed by atoms with Crippen LogP contribution in [0, 0.1) is 0 Å². The summed E-state index contributed by atoms with van der Waals surface area (Å²) in [4.78, 5) is 0. The van der Waals surface area contributed by atoms with Gasteiger partial charge in [-0.2, -0.15) is 0 Å². The number of sulfone groups is 2. The number of hydrogen-bond acceptors (Lipinski definition) is 4. The summed E-state index contributed by atoms with van der Waals surface area (Å²) in [6, 6.07) is 0. The molecule has 2 heterocycles. The molecule has 0 aliphatic carbocycles. The summed E-state index contributed by atoms with van der Waals surface area (Å²) in [6.07, 6.45) is 5.11. The number of rotatable bonds is 0. The van der Waals surface area contributed by atoms with Gasteiger partial charge < -0.3 is 0 Å². The highest BCUT2D eigenvalue weighted by molar-refractivity contribution is 7.92. The molecule has 2 aliphatic heterocycles. The van der Waals surface area contributed by atoms with E-state index in [1.165, 1.54) is 0 Å². The zero-order chi connectivity index (χ0) is 10.7. The maximum absolute atomic E-state index is 10.4. The summed E-state index contributed by atoms with van der Waals surface area (Å²) in [5, 5.41) is 0. The average molecular weight is 238 g/mol. The van der Waals surface area contributed by atoms with Crippen molar-refractivity contribution in [3.63, 3.8) is 0 Å². The molecule has 0 amide bonds. The van der Waals surface area contributed by atoms with Gasteiger partial charge in [0, 0.05) is 0 Å². The lowest BCUT2D eigenvalue weighted by Gasteiger charge is -1.82. The van der Waals surface area contributed by atoms with Crippen LogP contribution in [0.3, 0.4) is 0 Å². The Morgan fingerprint density at radius 3 is 1.29 bits per heavy atom. The Labute approximate surface area is 84.8 Å². The Kier molecular flexibility index (Phi) is 3.71. The maximum Gasteiger partial charge on any atom is 0.157 e. The van der Waals surface area contributed by atoms with Gasteiger partial charge in [0.2, 0.25) is 0 Å². The van der Waals surface area contributed by atoms with Crippen molar-refractivity contribution in [1.82, 2.24) is 0 Å². The molecule has 0 bridgehead atoms. The lowest BCUT2D eigenvalue weighted by atomic mass is 10.4. The first-order valence-electron chi connectivity index (χ1n) is 4.47. The first kappa shape index (κ1) is 11.7.